The van der Waals surface area contributed by atoms with Crippen LogP contribution in [0.5, 0.6) is 11.5 Å². The van der Waals surface area contributed by atoms with Crippen LogP contribution in [0.1, 0.15) is 17.8 Å². The van der Waals surface area contributed by atoms with Gasteiger partial charge in [0.1, 0.15) is 0 Å². The molecule has 88 valence electrons. The van der Waals surface area contributed by atoms with Crippen LogP contribution in [0, 0.1) is 0 Å². The lowest BCUT2D eigenvalue weighted by Gasteiger charge is -2.13. The van der Waals surface area contributed by atoms with Crippen LogP contribution in [0.3, 0.4) is 0 Å². The minimum Gasteiger partial charge on any atom is -0.454 e. The Morgan fingerprint density at radius 1 is 1.24 bits per heavy atom. The summed E-state index contributed by atoms with van der Waals surface area (Å²) in [6.45, 7) is 2.47. The normalized spacial score (nSPS) is 14.6. The van der Waals surface area contributed by atoms with E-state index < -0.39 is 0 Å². The number of thiophene rings is 1. The quantitative estimate of drug-likeness (QED) is 0.898. The first-order valence-electron chi connectivity index (χ1n) is 5.52. The van der Waals surface area contributed by atoms with Crippen LogP contribution in [0.4, 0.5) is 5.69 Å². The number of ether oxygens (including phenoxy) is 2. The maximum absolute atomic E-state index is 5.35. The van der Waals surface area contributed by atoms with E-state index in [9.17, 15) is 0 Å². The van der Waals surface area contributed by atoms with Gasteiger partial charge in [-0.15, -0.1) is 11.3 Å². The standard InChI is InChI=1S/C13H13NO2S/c1-9(13-3-2-6-17-13)14-10-4-5-11-12(7-10)16-8-15-11/h2-7,9,14H,8H2,1H3. The molecule has 0 bridgehead atoms. The molecule has 0 spiro atoms. The van der Waals surface area contributed by atoms with Crippen molar-refractivity contribution >= 4 is 17.0 Å². The average Bonchev–Trinajstić information content (AvgIpc) is 2.99. The first kappa shape index (κ1) is 10.5. The molecule has 2 heterocycles. The maximum Gasteiger partial charge on any atom is 0.231 e. The Morgan fingerprint density at radius 3 is 2.94 bits per heavy atom. The van der Waals surface area contributed by atoms with Crippen molar-refractivity contribution in [3.63, 3.8) is 0 Å². The minimum atomic E-state index is 0.301. The van der Waals surface area contributed by atoms with Crippen molar-refractivity contribution < 1.29 is 9.47 Å². The molecule has 0 aliphatic carbocycles. The van der Waals surface area contributed by atoms with Crippen molar-refractivity contribution in [1.82, 2.24) is 0 Å². The van der Waals surface area contributed by atoms with Gasteiger partial charge in [-0.05, 0) is 30.5 Å². The van der Waals surface area contributed by atoms with E-state index in [0.717, 1.165) is 17.2 Å². The molecule has 0 saturated heterocycles. The molecule has 0 fully saturated rings. The highest BCUT2D eigenvalue weighted by Crippen LogP contribution is 2.35. The SMILES string of the molecule is CC(Nc1ccc2c(c1)OCO2)c1cccs1. The molecular weight excluding hydrogens is 234 g/mol. The molecule has 17 heavy (non-hydrogen) atoms. The monoisotopic (exact) mass is 247 g/mol. The first-order valence-corrected chi connectivity index (χ1v) is 6.40. The van der Waals surface area contributed by atoms with Crippen LogP contribution in [0.15, 0.2) is 35.7 Å². The third-order valence-corrected chi connectivity index (χ3v) is 3.78. The molecule has 4 heteroatoms. The van der Waals surface area contributed by atoms with Crippen LogP contribution < -0.4 is 14.8 Å². The molecule has 1 aromatic heterocycles. The average molecular weight is 247 g/mol. The van der Waals surface area contributed by atoms with Gasteiger partial charge in [-0.25, -0.2) is 0 Å². The molecule has 3 rings (SSSR count). The Hall–Kier alpha value is -1.68. The lowest BCUT2D eigenvalue weighted by molar-refractivity contribution is 0.174. The van der Waals surface area contributed by atoms with Crippen LogP contribution in [-0.4, -0.2) is 6.79 Å². The third-order valence-electron chi connectivity index (χ3n) is 2.73. The van der Waals surface area contributed by atoms with Gasteiger partial charge in [0.05, 0.1) is 6.04 Å². The lowest BCUT2D eigenvalue weighted by Crippen LogP contribution is -2.04. The minimum absolute atomic E-state index is 0.301. The molecule has 1 unspecified atom stereocenters. The van der Waals surface area contributed by atoms with E-state index in [1.54, 1.807) is 11.3 Å². The number of hydrogen-bond donors (Lipinski definition) is 1. The Bertz CT molecular complexity index is 510. The van der Waals surface area contributed by atoms with E-state index in [1.807, 2.05) is 18.2 Å². The van der Waals surface area contributed by atoms with Gasteiger partial charge < -0.3 is 14.8 Å². The fourth-order valence-electron chi connectivity index (χ4n) is 1.85. The Morgan fingerprint density at radius 2 is 2.12 bits per heavy atom. The second kappa shape index (κ2) is 4.30. The number of rotatable bonds is 3. The van der Waals surface area contributed by atoms with E-state index >= 15 is 0 Å². The highest BCUT2D eigenvalue weighted by molar-refractivity contribution is 7.10. The van der Waals surface area contributed by atoms with Crippen molar-refractivity contribution in [3.8, 4) is 11.5 Å². The van der Waals surface area contributed by atoms with Gasteiger partial charge >= 0.3 is 0 Å². The first-order chi connectivity index (χ1) is 8.33. The fourth-order valence-corrected chi connectivity index (χ4v) is 2.58. The van der Waals surface area contributed by atoms with Crippen LogP contribution in [-0.2, 0) is 0 Å². The Kier molecular flexibility index (Phi) is 2.65. The summed E-state index contributed by atoms with van der Waals surface area (Å²) in [5.41, 5.74) is 1.05. The third kappa shape index (κ3) is 2.08. The highest BCUT2D eigenvalue weighted by Gasteiger charge is 2.14. The molecule has 1 aromatic carbocycles. The summed E-state index contributed by atoms with van der Waals surface area (Å²) < 4.78 is 10.6. The summed E-state index contributed by atoms with van der Waals surface area (Å²) in [4.78, 5) is 1.32. The van der Waals surface area contributed by atoms with E-state index in [0.29, 0.717) is 12.8 Å². The second-order valence-electron chi connectivity index (χ2n) is 3.95. The molecule has 1 aliphatic heterocycles. The predicted octanol–water partition coefficient (Wildman–Crippen LogP) is 3.65. The van der Waals surface area contributed by atoms with Crippen molar-refractivity contribution in [2.24, 2.45) is 0 Å². The topological polar surface area (TPSA) is 30.5 Å². The molecule has 1 aliphatic rings. The second-order valence-corrected chi connectivity index (χ2v) is 4.93. The van der Waals surface area contributed by atoms with E-state index in [4.69, 9.17) is 9.47 Å². The van der Waals surface area contributed by atoms with Gasteiger partial charge in [-0.2, -0.15) is 0 Å². The van der Waals surface area contributed by atoms with Gasteiger partial charge in [0.15, 0.2) is 11.5 Å². The predicted molar refractivity (Wildman–Crippen MR) is 68.9 cm³/mol. The number of nitrogens with one attached hydrogen (secondary N) is 1. The van der Waals surface area contributed by atoms with Gasteiger partial charge in [0.2, 0.25) is 6.79 Å². The zero-order valence-corrected chi connectivity index (χ0v) is 10.3. The summed E-state index contributed by atoms with van der Waals surface area (Å²) in [6.07, 6.45) is 0. The van der Waals surface area contributed by atoms with Crippen molar-refractivity contribution in [3.05, 3.63) is 40.6 Å². The van der Waals surface area contributed by atoms with Gasteiger partial charge in [-0.3, -0.25) is 0 Å². The molecular formula is C13H13NO2S. The number of anilines is 1. The smallest absolute Gasteiger partial charge is 0.231 e. The summed E-state index contributed by atoms with van der Waals surface area (Å²) in [7, 11) is 0. The van der Waals surface area contributed by atoms with Gasteiger partial charge in [0.25, 0.3) is 0 Å². The number of benzene rings is 1. The summed E-state index contributed by atoms with van der Waals surface area (Å²) in [5.74, 6) is 1.63. The molecule has 0 saturated carbocycles. The van der Waals surface area contributed by atoms with Gasteiger partial charge in [-0.1, -0.05) is 6.07 Å². The van der Waals surface area contributed by atoms with Crippen molar-refractivity contribution in [1.29, 1.82) is 0 Å². The molecule has 1 atom stereocenters. The molecule has 0 radical (unpaired) electrons. The maximum atomic E-state index is 5.35. The molecule has 3 nitrogen and oxygen atoms in total. The fraction of sp³-hybridized carbons (Fsp3) is 0.231. The van der Waals surface area contributed by atoms with Crippen LogP contribution >= 0.6 is 11.3 Å². The lowest BCUT2D eigenvalue weighted by atomic mass is 10.2. The van der Waals surface area contributed by atoms with Crippen LogP contribution in [0.25, 0.3) is 0 Å². The van der Waals surface area contributed by atoms with Crippen molar-refractivity contribution in [2.75, 3.05) is 12.1 Å². The summed E-state index contributed by atoms with van der Waals surface area (Å²) in [6, 6.07) is 10.4. The zero-order chi connectivity index (χ0) is 11.7. The van der Waals surface area contributed by atoms with E-state index in [2.05, 4.69) is 29.8 Å². The van der Waals surface area contributed by atoms with E-state index in [-0.39, 0.29) is 0 Å². The van der Waals surface area contributed by atoms with Crippen molar-refractivity contribution in [2.45, 2.75) is 13.0 Å². The Balaban J connectivity index is 1.77. The highest BCUT2D eigenvalue weighted by atomic mass is 32.1. The number of fused-ring (bicyclic) bond motifs is 1. The van der Waals surface area contributed by atoms with Gasteiger partial charge in [0, 0.05) is 16.6 Å². The molecule has 1 N–H and O–H groups in total. The summed E-state index contributed by atoms with van der Waals surface area (Å²) >= 11 is 1.76. The molecule has 0 amide bonds. The van der Waals surface area contributed by atoms with Crippen LogP contribution in [0.2, 0.25) is 0 Å². The number of hydrogen-bond acceptors (Lipinski definition) is 4. The summed E-state index contributed by atoms with van der Waals surface area (Å²) in [5, 5.41) is 5.54. The zero-order valence-electron chi connectivity index (χ0n) is 9.47. The Labute approximate surface area is 104 Å². The molecule has 2 aromatic rings. The van der Waals surface area contributed by atoms with E-state index in [1.165, 1.54) is 4.88 Å². The largest absolute Gasteiger partial charge is 0.454 e.